The van der Waals surface area contributed by atoms with Gasteiger partial charge in [-0.2, -0.15) is 0 Å². The first-order valence-electron chi connectivity index (χ1n) is 6.06. The van der Waals surface area contributed by atoms with E-state index >= 15 is 0 Å². The summed E-state index contributed by atoms with van der Waals surface area (Å²) >= 11 is 5.80. The number of hydrogen-bond donors (Lipinski definition) is 1. The maximum Gasteiger partial charge on any atom is 0.251 e. The van der Waals surface area contributed by atoms with Gasteiger partial charge in [0.25, 0.3) is 5.91 Å². The van der Waals surface area contributed by atoms with Crippen LogP contribution in [0.4, 0.5) is 0 Å². The maximum atomic E-state index is 11.8. The van der Waals surface area contributed by atoms with Crippen molar-refractivity contribution >= 4 is 23.4 Å². The fourth-order valence-corrected chi connectivity index (χ4v) is 2.00. The van der Waals surface area contributed by atoms with E-state index in [-0.39, 0.29) is 18.4 Å². The van der Waals surface area contributed by atoms with Crippen molar-refractivity contribution < 1.29 is 14.3 Å². The van der Waals surface area contributed by atoms with Crippen LogP contribution in [0.2, 0.25) is 5.02 Å². The van der Waals surface area contributed by atoms with Gasteiger partial charge in [-0.25, -0.2) is 0 Å². The van der Waals surface area contributed by atoms with Gasteiger partial charge in [0.15, 0.2) is 0 Å². The summed E-state index contributed by atoms with van der Waals surface area (Å²) in [7, 11) is 0. The van der Waals surface area contributed by atoms with Gasteiger partial charge in [-0.05, 0) is 18.2 Å². The topological polar surface area (TPSA) is 58.6 Å². The highest BCUT2D eigenvalue weighted by Crippen LogP contribution is 2.10. The van der Waals surface area contributed by atoms with E-state index in [0.29, 0.717) is 36.9 Å². The van der Waals surface area contributed by atoms with E-state index in [1.807, 2.05) is 0 Å². The Kier molecular flexibility index (Phi) is 4.76. The molecule has 1 aliphatic rings. The van der Waals surface area contributed by atoms with Gasteiger partial charge in [-0.15, -0.1) is 0 Å². The second kappa shape index (κ2) is 6.54. The van der Waals surface area contributed by atoms with E-state index in [1.165, 1.54) is 0 Å². The van der Waals surface area contributed by atoms with Crippen LogP contribution in [0.3, 0.4) is 0 Å². The van der Waals surface area contributed by atoms with Crippen LogP contribution in [0.25, 0.3) is 0 Å². The Bertz CT molecular complexity index is 473. The number of carbonyl (C=O) groups excluding carboxylic acids is 2. The molecule has 0 bridgehead atoms. The molecule has 0 unspecified atom stereocenters. The fraction of sp³-hybridized carbons (Fsp3) is 0.385. The Morgan fingerprint density at radius 3 is 2.74 bits per heavy atom. The summed E-state index contributed by atoms with van der Waals surface area (Å²) in [5.74, 6) is -0.400. The zero-order valence-electron chi connectivity index (χ0n) is 10.4. The SMILES string of the molecule is O=C(NCC(=O)N1CCOCC1)c1cccc(Cl)c1. The minimum atomic E-state index is -0.302. The first-order valence-corrected chi connectivity index (χ1v) is 6.44. The molecule has 1 heterocycles. The first-order chi connectivity index (χ1) is 9.16. The van der Waals surface area contributed by atoms with Crippen LogP contribution in [-0.2, 0) is 9.53 Å². The molecule has 2 rings (SSSR count). The highest BCUT2D eigenvalue weighted by molar-refractivity contribution is 6.30. The lowest BCUT2D eigenvalue weighted by molar-refractivity contribution is -0.134. The third-order valence-corrected chi connectivity index (χ3v) is 3.09. The summed E-state index contributed by atoms with van der Waals surface area (Å²) in [5.41, 5.74) is 0.447. The molecule has 5 nitrogen and oxygen atoms in total. The van der Waals surface area contributed by atoms with Gasteiger partial charge in [0.2, 0.25) is 5.91 Å². The molecule has 19 heavy (non-hydrogen) atoms. The van der Waals surface area contributed by atoms with Crippen molar-refractivity contribution in [1.82, 2.24) is 10.2 Å². The molecule has 2 amide bonds. The monoisotopic (exact) mass is 282 g/mol. The number of amides is 2. The number of rotatable bonds is 3. The van der Waals surface area contributed by atoms with Crippen molar-refractivity contribution in [2.24, 2.45) is 0 Å². The average molecular weight is 283 g/mol. The smallest absolute Gasteiger partial charge is 0.251 e. The highest BCUT2D eigenvalue weighted by Gasteiger charge is 2.17. The lowest BCUT2D eigenvalue weighted by atomic mass is 10.2. The molecule has 0 radical (unpaired) electrons. The molecule has 1 aromatic carbocycles. The van der Waals surface area contributed by atoms with E-state index in [4.69, 9.17) is 16.3 Å². The van der Waals surface area contributed by atoms with Gasteiger partial charge in [0.05, 0.1) is 19.8 Å². The molecule has 1 saturated heterocycles. The number of carbonyl (C=O) groups is 2. The number of benzene rings is 1. The zero-order chi connectivity index (χ0) is 13.7. The van der Waals surface area contributed by atoms with Gasteiger partial charge in [0, 0.05) is 23.7 Å². The van der Waals surface area contributed by atoms with Crippen molar-refractivity contribution in [2.45, 2.75) is 0 Å². The summed E-state index contributed by atoms with van der Waals surface area (Å²) in [6.45, 7) is 2.24. The normalized spacial score (nSPS) is 15.1. The molecule has 0 atom stereocenters. The zero-order valence-corrected chi connectivity index (χ0v) is 11.2. The minimum absolute atomic E-state index is 0.00858. The quantitative estimate of drug-likeness (QED) is 0.897. The Morgan fingerprint density at radius 2 is 2.05 bits per heavy atom. The Labute approximate surface area is 116 Å². The van der Waals surface area contributed by atoms with E-state index in [1.54, 1.807) is 29.2 Å². The van der Waals surface area contributed by atoms with Crippen LogP contribution in [-0.4, -0.2) is 49.6 Å². The largest absolute Gasteiger partial charge is 0.378 e. The van der Waals surface area contributed by atoms with Crippen LogP contribution >= 0.6 is 11.6 Å². The molecule has 6 heteroatoms. The van der Waals surface area contributed by atoms with Gasteiger partial charge in [-0.1, -0.05) is 17.7 Å². The van der Waals surface area contributed by atoms with Gasteiger partial charge >= 0.3 is 0 Å². The average Bonchev–Trinajstić information content (AvgIpc) is 2.45. The van der Waals surface area contributed by atoms with Gasteiger partial charge < -0.3 is 15.0 Å². The van der Waals surface area contributed by atoms with Crippen LogP contribution in [0.5, 0.6) is 0 Å². The molecule has 0 aliphatic carbocycles. The molecule has 1 N–H and O–H groups in total. The van der Waals surface area contributed by atoms with Crippen molar-refractivity contribution in [1.29, 1.82) is 0 Å². The van der Waals surface area contributed by atoms with E-state index in [9.17, 15) is 9.59 Å². The lowest BCUT2D eigenvalue weighted by Gasteiger charge is -2.26. The summed E-state index contributed by atoms with van der Waals surface area (Å²) in [6.07, 6.45) is 0. The minimum Gasteiger partial charge on any atom is -0.378 e. The third-order valence-electron chi connectivity index (χ3n) is 2.85. The van der Waals surface area contributed by atoms with Gasteiger partial charge in [0.1, 0.15) is 0 Å². The number of hydrogen-bond acceptors (Lipinski definition) is 3. The van der Waals surface area contributed by atoms with Crippen molar-refractivity contribution in [3.05, 3.63) is 34.9 Å². The predicted molar refractivity (Wildman–Crippen MR) is 71.2 cm³/mol. The van der Waals surface area contributed by atoms with Crippen LogP contribution in [0, 0.1) is 0 Å². The lowest BCUT2D eigenvalue weighted by Crippen LogP contribution is -2.45. The molecule has 0 aromatic heterocycles. The van der Waals surface area contributed by atoms with Crippen LogP contribution in [0.1, 0.15) is 10.4 Å². The van der Waals surface area contributed by atoms with Crippen molar-refractivity contribution in [2.75, 3.05) is 32.8 Å². The summed E-state index contributed by atoms with van der Waals surface area (Å²) in [5, 5.41) is 3.09. The molecule has 1 aromatic rings. The summed E-state index contributed by atoms with van der Waals surface area (Å²) in [4.78, 5) is 25.3. The highest BCUT2D eigenvalue weighted by atomic mass is 35.5. The summed E-state index contributed by atoms with van der Waals surface area (Å²) in [6, 6.07) is 6.61. The van der Waals surface area contributed by atoms with E-state index in [0.717, 1.165) is 0 Å². The van der Waals surface area contributed by atoms with E-state index in [2.05, 4.69) is 5.32 Å². The molecule has 1 aliphatic heterocycles. The molecule has 0 spiro atoms. The molecule has 102 valence electrons. The predicted octanol–water partition coefficient (Wildman–Crippen LogP) is 0.929. The Morgan fingerprint density at radius 1 is 1.32 bits per heavy atom. The molecule has 0 saturated carbocycles. The van der Waals surface area contributed by atoms with Crippen molar-refractivity contribution in [3.63, 3.8) is 0 Å². The second-order valence-electron chi connectivity index (χ2n) is 4.19. The molecule has 1 fully saturated rings. The third kappa shape index (κ3) is 3.94. The number of halogens is 1. The number of nitrogens with one attached hydrogen (secondary N) is 1. The van der Waals surface area contributed by atoms with Crippen LogP contribution in [0.15, 0.2) is 24.3 Å². The summed E-state index contributed by atoms with van der Waals surface area (Å²) < 4.78 is 5.16. The van der Waals surface area contributed by atoms with E-state index < -0.39 is 0 Å². The van der Waals surface area contributed by atoms with Crippen molar-refractivity contribution in [3.8, 4) is 0 Å². The molecular weight excluding hydrogens is 268 g/mol. The standard InChI is InChI=1S/C13H15ClN2O3/c14-11-3-1-2-10(8-11)13(18)15-9-12(17)16-4-6-19-7-5-16/h1-3,8H,4-7,9H2,(H,15,18). The molecular formula is C13H15ClN2O3. The Hall–Kier alpha value is -1.59. The second-order valence-corrected chi connectivity index (χ2v) is 4.62. The maximum absolute atomic E-state index is 11.8. The number of morpholine rings is 1. The first kappa shape index (κ1) is 13.8. The van der Waals surface area contributed by atoms with Crippen LogP contribution < -0.4 is 5.32 Å². The number of ether oxygens (including phenoxy) is 1. The van der Waals surface area contributed by atoms with Gasteiger partial charge in [-0.3, -0.25) is 9.59 Å². The number of nitrogens with zero attached hydrogens (tertiary/aromatic N) is 1. The Balaban J connectivity index is 1.84. The fourth-order valence-electron chi connectivity index (χ4n) is 1.81.